The lowest BCUT2D eigenvalue weighted by Crippen LogP contribution is -2.51. The van der Waals surface area contributed by atoms with Crippen LogP contribution in [0.15, 0.2) is 59.5 Å². The normalized spacial score (nSPS) is 28.7. The zero-order chi connectivity index (χ0) is 20.9. The quantitative estimate of drug-likeness (QED) is 0.605. The van der Waals surface area contributed by atoms with Gasteiger partial charge in [-0.3, -0.25) is 4.79 Å². The second-order valence-electron chi connectivity index (χ2n) is 8.89. The molecule has 0 amide bonds. The first-order valence-electron chi connectivity index (χ1n) is 10.8. The molecule has 0 radical (unpaired) electrons. The van der Waals surface area contributed by atoms with Crippen molar-refractivity contribution in [3.63, 3.8) is 0 Å². The molecule has 2 aromatic carbocycles. The molecule has 2 bridgehead atoms. The minimum absolute atomic E-state index is 0.0288. The largest absolute Gasteiger partial charge is 0.489 e. The summed E-state index contributed by atoms with van der Waals surface area (Å²) in [7, 11) is 0. The van der Waals surface area contributed by atoms with E-state index >= 15 is 0 Å². The van der Waals surface area contributed by atoms with E-state index in [9.17, 15) is 4.79 Å². The fourth-order valence-electron chi connectivity index (χ4n) is 6.04. The van der Waals surface area contributed by atoms with Gasteiger partial charge in [0.25, 0.3) is 5.56 Å². The Bertz CT molecular complexity index is 1130. The highest BCUT2D eigenvalue weighted by Crippen LogP contribution is 2.59. The van der Waals surface area contributed by atoms with E-state index < -0.39 is 0 Å². The Kier molecular flexibility index (Phi) is 4.87. The highest BCUT2D eigenvalue weighted by Gasteiger charge is 2.58. The van der Waals surface area contributed by atoms with Gasteiger partial charge in [0.05, 0.1) is 5.02 Å². The van der Waals surface area contributed by atoms with Gasteiger partial charge in [-0.25, -0.2) is 0 Å². The number of hydrogen-bond donors (Lipinski definition) is 2. The maximum atomic E-state index is 12.0. The molecule has 2 aliphatic rings. The van der Waals surface area contributed by atoms with Crippen LogP contribution >= 0.6 is 11.6 Å². The van der Waals surface area contributed by atoms with Crippen molar-refractivity contribution in [3.8, 4) is 5.75 Å². The van der Waals surface area contributed by atoms with Gasteiger partial charge >= 0.3 is 0 Å². The molecule has 2 saturated carbocycles. The van der Waals surface area contributed by atoms with Crippen LogP contribution in [-0.4, -0.2) is 17.1 Å². The van der Waals surface area contributed by atoms with Gasteiger partial charge in [0.15, 0.2) is 0 Å². The molecule has 5 rings (SSSR count). The van der Waals surface area contributed by atoms with Crippen molar-refractivity contribution >= 4 is 22.4 Å². The molecule has 0 aliphatic heterocycles. The summed E-state index contributed by atoms with van der Waals surface area (Å²) < 4.78 is 6.45. The predicted octanol–water partition coefficient (Wildman–Crippen LogP) is 5.03. The lowest BCUT2D eigenvalue weighted by Gasteiger charge is -2.44. The number of ether oxygens (including phenoxy) is 1. The minimum Gasteiger partial charge on any atom is -0.489 e. The van der Waals surface area contributed by atoms with Crippen molar-refractivity contribution in [2.24, 2.45) is 17.6 Å². The van der Waals surface area contributed by atoms with Crippen LogP contribution in [0.25, 0.3) is 10.8 Å². The Morgan fingerprint density at radius 1 is 1.23 bits per heavy atom. The number of halogens is 1. The summed E-state index contributed by atoms with van der Waals surface area (Å²) in [6.07, 6.45) is 5.92. The topological polar surface area (TPSA) is 68.1 Å². The SMILES string of the molecule is CCC(N)C1(c2ccccc2)CC2CC1CC2Oc1cc2cc[nH]c(=O)c2cc1Cl. The molecule has 5 heteroatoms. The molecule has 0 spiro atoms. The molecular weight excluding hydrogens is 396 g/mol. The predicted molar refractivity (Wildman–Crippen MR) is 121 cm³/mol. The second-order valence-corrected chi connectivity index (χ2v) is 9.29. The molecule has 1 heterocycles. The monoisotopic (exact) mass is 422 g/mol. The lowest BCUT2D eigenvalue weighted by atomic mass is 9.63. The lowest BCUT2D eigenvalue weighted by molar-refractivity contribution is 0.0924. The fraction of sp³-hybridized carbons (Fsp3) is 0.400. The molecule has 5 unspecified atom stereocenters. The third-order valence-corrected chi connectivity index (χ3v) is 7.77. The van der Waals surface area contributed by atoms with E-state index in [0.717, 1.165) is 31.1 Å². The van der Waals surface area contributed by atoms with Gasteiger partial charge in [-0.1, -0.05) is 48.9 Å². The van der Waals surface area contributed by atoms with E-state index in [4.69, 9.17) is 22.1 Å². The Morgan fingerprint density at radius 2 is 2.03 bits per heavy atom. The third-order valence-electron chi connectivity index (χ3n) is 7.48. The van der Waals surface area contributed by atoms with E-state index in [-0.39, 0.29) is 23.1 Å². The van der Waals surface area contributed by atoms with Crippen LogP contribution in [0, 0.1) is 11.8 Å². The Labute approximate surface area is 181 Å². The summed E-state index contributed by atoms with van der Waals surface area (Å²) in [6, 6.07) is 16.4. The number of pyridine rings is 1. The van der Waals surface area contributed by atoms with Crippen molar-refractivity contribution in [2.45, 2.75) is 50.2 Å². The molecule has 156 valence electrons. The zero-order valence-electron chi connectivity index (χ0n) is 17.1. The Balaban J connectivity index is 1.43. The minimum atomic E-state index is -0.137. The first-order chi connectivity index (χ1) is 14.5. The van der Waals surface area contributed by atoms with Gasteiger partial charge < -0.3 is 15.5 Å². The molecule has 5 atom stereocenters. The molecular formula is C25H27ClN2O2. The summed E-state index contributed by atoms with van der Waals surface area (Å²) in [5.41, 5.74) is 8.00. The summed E-state index contributed by atoms with van der Waals surface area (Å²) in [4.78, 5) is 14.7. The maximum absolute atomic E-state index is 12.0. The zero-order valence-corrected chi connectivity index (χ0v) is 17.9. The van der Waals surface area contributed by atoms with Crippen molar-refractivity contribution < 1.29 is 4.74 Å². The van der Waals surface area contributed by atoms with Gasteiger partial charge in [0.2, 0.25) is 0 Å². The maximum Gasteiger partial charge on any atom is 0.255 e. The fourth-order valence-corrected chi connectivity index (χ4v) is 6.25. The molecule has 3 N–H and O–H groups in total. The second kappa shape index (κ2) is 7.44. The molecule has 4 nitrogen and oxygen atoms in total. The molecule has 0 saturated heterocycles. The van der Waals surface area contributed by atoms with Gasteiger partial charge in [-0.2, -0.15) is 0 Å². The smallest absolute Gasteiger partial charge is 0.255 e. The highest BCUT2D eigenvalue weighted by molar-refractivity contribution is 6.32. The van der Waals surface area contributed by atoms with E-state index in [1.165, 1.54) is 5.56 Å². The summed E-state index contributed by atoms with van der Waals surface area (Å²) in [5.74, 6) is 1.63. The summed E-state index contributed by atoms with van der Waals surface area (Å²) in [5, 5.41) is 1.91. The number of nitrogens with one attached hydrogen (secondary N) is 1. The first kappa shape index (κ1) is 19.7. The van der Waals surface area contributed by atoms with Gasteiger partial charge in [-0.15, -0.1) is 0 Å². The summed E-state index contributed by atoms with van der Waals surface area (Å²) in [6.45, 7) is 2.19. The highest BCUT2D eigenvalue weighted by atomic mass is 35.5. The number of rotatable bonds is 5. The van der Waals surface area contributed by atoms with Crippen LogP contribution in [0.5, 0.6) is 5.75 Å². The Morgan fingerprint density at radius 3 is 2.73 bits per heavy atom. The Hall–Kier alpha value is -2.30. The van der Waals surface area contributed by atoms with Crippen molar-refractivity contribution in [1.29, 1.82) is 0 Å². The van der Waals surface area contributed by atoms with Gasteiger partial charge in [-0.05, 0) is 66.7 Å². The number of aromatic amines is 1. The van der Waals surface area contributed by atoms with Crippen LogP contribution in [0.4, 0.5) is 0 Å². The van der Waals surface area contributed by atoms with Crippen LogP contribution in [-0.2, 0) is 5.41 Å². The van der Waals surface area contributed by atoms with E-state index in [0.29, 0.717) is 28.0 Å². The van der Waals surface area contributed by atoms with Crippen LogP contribution in [0.2, 0.25) is 5.02 Å². The molecule has 2 aliphatic carbocycles. The average molecular weight is 423 g/mol. The molecule has 2 fully saturated rings. The van der Waals surface area contributed by atoms with E-state index in [1.54, 1.807) is 12.3 Å². The number of hydrogen-bond acceptors (Lipinski definition) is 3. The molecule has 3 aromatic rings. The first-order valence-corrected chi connectivity index (χ1v) is 11.2. The van der Waals surface area contributed by atoms with Crippen LogP contribution in [0.1, 0.15) is 38.2 Å². The van der Waals surface area contributed by atoms with Gasteiger partial charge in [0, 0.05) is 23.0 Å². The van der Waals surface area contributed by atoms with Crippen molar-refractivity contribution in [2.75, 3.05) is 0 Å². The number of nitrogens with two attached hydrogens (primary N) is 1. The number of benzene rings is 2. The van der Waals surface area contributed by atoms with E-state index in [1.807, 2.05) is 12.1 Å². The van der Waals surface area contributed by atoms with Gasteiger partial charge in [0.1, 0.15) is 11.9 Å². The van der Waals surface area contributed by atoms with Crippen LogP contribution in [0.3, 0.4) is 0 Å². The van der Waals surface area contributed by atoms with Crippen molar-refractivity contribution in [1.82, 2.24) is 4.98 Å². The number of H-pyrrole nitrogens is 1. The number of fused-ring (bicyclic) bond motifs is 3. The van der Waals surface area contributed by atoms with E-state index in [2.05, 4.69) is 42.2 Å². The molecule has 30 heavy (non-hydrogen) atoms. The average Bonchev–Trinajstić information content (AvgIpc) is 3.34. The standard InChI is InChI=1S/C25H27ClN2O2/c1-2-23(27)25(17-6-4-3-5-7-17)14-16-10-18(25)12-21(16)30-22-11-15-8-9-28-24(29)19(15)13-20(22)26/h3-9,11,13,16,18,21,23H,2,10,12,14,27H2,1H3,(H,28,29). The number of aromatic nitrogens is 1. The van der Waals surface area contributed by atoms with Crippen molar-refractivity contribution in [3.05, 3.63) is 75.7 Å². The van der Waals surface area contributed by atoms with Crippen LogP contribution < -0.4 is 16.0 Å². The third kappa shape index (κ3) is 2.97. The summed E-state index contributed by atoms with van der Waals surface area (Å²) >= 11 is 6.48. The molecule has 1 aromatic heterocycles.